The molecule has 2 aromatic carbocycles. The van der Waals surface area contributed by atoms with E-state index in [1.165, 1.54) is 11.1 Å². The van der Waals surface area contributed by atoms with Crippen molar-refractivity contribution in [1.82, 2.24) is 5.32 Å². The highest BCUT2D eigenvalue weighted by atomic mass is 16.1. The molecule has 0 bridgehead atoms. The zero-order chi connectivity index (χ0) is 13.9. The van der Waals surface area contributed by atoms with Crippen LogP contribution in [-0.4, -0.2) is 12.5 Å². The van der Waals surface area contributed by atoms with Crippen LogP contribution >= 0.6 is 0 Å². The van der Waals surface area contributed by atoms with Gasteiger partial charge in [-0.2, -0.15) is 0 Å². The van der Waals surface area contributed by atoms with Gasteiger partial charge in [0.15, 0.2) is 0 Å². The van der Waals surface area contributed by atoms with Gasteiger partial charge in [0.05, 0.1) is 0 Å². The molecule has 1 amide bonds. The summed E-state index contributed by atoms with van der Waals surface area (Å²) in [4.78, 5) is 12.0. The van der Waals surface area contributed by atoms with Gasteiger partial charge >= 0.3 is 0 Å². The summed E-state index contributed by atoms with van der Waals surface area (Å²) >= 11 is 0. The van der Waals surface area contributed by atoms with Crippen molar-refractivity contribution in [3.63, 3.8) is 0 Å². The van der Waals surface area contributed by atoms with E-state index < -0.39 is 0 Å². The van der Waals surface area contributed by atoms with Gasteiger partial charge in [0.1, 0.15) is 0 Å². The lowest BCUT2D eigenvalue weighted by atomic mass is 9.77. The largest absolute Gasteiger partial charge is 0.351 e. The lowest BCUT2D eigenvalue weighted by molar-refractivity contribution is 0.0950. The second-order valence-electron chi connectivity index (χ2n) is 5.03. The molecule has 1 unspecified atom stereocenters. The van der Waals surface area contributed by atoms with Crippen LogP contribution < -0.4 is 16.6 Å². The quantitative estimate of drug-likeness (QED) is 0.586. The average molecular weight is 267 g/mol. The van der Waals surface area contributed by atoms with Crippen LogP contribution in [0.3, 0.4) is 0 Å². The molecule has 0 aliphatic heterocycles. The van der Waals surface area contributed by atoms with Crippen molar-refractivity contribution < 1.29 is 4.79 Å². The molecule has 102 valence electrons. The SMILES string of the molecule is NNc1ccc(C(=O)NCC2Cc3ccccc32)cc1. The molecule has 0 spiro atoms. The number of anilines is 1. The van der Waals surface area contributed by atoms with Crippen LogP contribution in [0.1, 0.15) is 27.4 Å². The van der Waals surface area contributed by atoms with E-state index in [-0.39, 0.29) is 5.91 Å². The number of nitrogen functional groups attached to an aromatic ring is 1. The minimum Gasteiger partial charge on any atom is -0.351 e. The summed E-state index contributed by atoms with van der Waals surface area (Å²) in [5, 5.41) is 2.99. The van der Waals surface area contributed by atoms with E-state index in [0.717, 1.165) is 12.1 Å². The van der Waals surface area contributed by atoms with Gasteiger partial charge < -0.3 is 10.7 Å². The van der Waals surface area contributed by atoms with Gasteiger partial charge in [-0.3, -0.25) is 10.6 Å². The lowest BCUT2D eigenvalue weighted by Gasteiger charge is -2.30. The Balaban J connectivity index is 1.58. The number of hydrogen-bond donors (Lipinski definition) is 3. The van der Waals surface area contributed by atoms with Crippen LogP contribution in [0.4, 0.5) is 5.69 Å². The molecule has 0 fully saturated rings. The second kappa shape index (κ2) is 5.35. The van der Waals surface area contributed by atoms with Crippen LogP contribution in [0.5, 0.6) is 0 Å². The molecule has 20 heavy (non-hydrogen) atoms. The van der Waals surface area contributed by atoms with Crippen molar-refractivity contribution in [2.24, 2.45) is 5.84 Å². The summed E-state index contributed by atoms with van der Waals surface area (Å²) in [5.74, 6) is 5.70. The minimum atomic E-state index is -0.0436. The Morgan fingerprint density at radius 3 is 2.60 bits per heavy atom. The Hall–Kier alpha value is -2.33. The maximum atomic E-state index is 12.0. The van der Waals surface area contributed by atoms with Gasteiger partial charge in [0, 0.05) is 23.7 Å². The predicted octanol–water partition coefficient (Wildman–Crippen LogP) is 2.04. The van der Waals surface area contributed by atoms with Gasteiger partial charge in [-0.15, -0.1) is 0 Å². The number of carbonyl (C=O) groups is 1. The zero-order valence-electron chi connectivity index (χ0n) is 11.1. The van der Waals surface area contributed by atoms with Crippen molar-refractivity contribution in [2.75, 3.05) is 12.0 Å². The van der Waals surface area contributed by atoms with E-state index in [4.69, 9.17) is 5.84 Å². The summed E-state index contributed by atoms with van der Waals surface area (Å²) < 4.78 is 0. The number of nitrogens with two attached hydrogens (primary N) is 1. The Morgan fingerprint density at radius 2 is 1.90 bits per heavy atom. The second-order valence-corrected chi connectivity index (χ2v) is 5.03. The van der Waals surface area contributed by atoms with Crippen LogP contribution in [0.25, 0.3) is 0 Å². The number of carbonyl (C=O) groups excluding carboxylic acids is 1. The number of hydrogen-bond acceptors (Lipinski definition) is 3. The van der Waals surface area contributed by atoms with Gasteiger partial charge in [0.25, 0.3) is 5.91 Å². The number of rotatable bonds is 4. The molecule has 4 N–H and O–H groups in total. The molecule has 2 aromatic rings. The van der Waals surface area contributed by atoms with Crippen molar-refractivity contribution in [1.29, 1.82) is 0 Å². The molecular formula is C16H17N3O. The van der Waals surface area contributed by atoms with E-state index in [2.05, 4.69) is 28.9 Å². The molecule has 1 aliphatic rings. The number of benzene rings is 2. The molecule has 0 saturated heterocycles. The standard InChI is InChI=1S/C16H17N3O/c17-19-14-7-5-11(6-8-14)16(20)18-10-13-9-12-3-1-2-4-15(12)13/h1-8,13,19H,9-10,17H2,(H,18,20). The molecular weight excluding hydrogens is 250 g/mol. The number of fused-ring (bicyclic) bond motifs is 1. The molecule has 1 atom stereocenters. The fourth-order valence-electron chi connectivity index (χ4n) is 2.58. The lowest BCUT2D eigenvalue weighted by Crippen LogP contribution is -2.33. The summed E-state index contributed by atoms with van der Waals surface area (Å²) in [5.41, 5.74) is 6.73. The topological polar surface area (TPSA) is 67.1 Å². The van der Waals surface area contributed by atoms with Crippen molar-refractivity contribution in [2.45, 2.75) is 12.3 Å². The summed E-state index contributed by atoms with van der Waals surface area (Å²) in [6.07, 6.45) is 1.05. The van der Waals surface area contributed by atoms with Gasteiger partial charge in [-0.1, -0.05) is 24.3 Å². The Bertz CT molecular complexity index is 622. The van der Waals surface area contributed by atoms with Crippen LogP contribution in [0.2, 0.25) is 0 Å². The monoisotopic (exact) mass is 267 g/mol. The molecule has 0 heterocycles. The first-order valence-electron chi connectivity index (χ1n) is 6.70. The third-order valence-electron chi connectivity index (χ3n) is 3.78. The van der Waals surface area contributed by atoms with E-state index in [1.54, 1.807) is 24.3 Å². The molecule has 3 rings (SSSR count). The number of amides is 1. The fourth-order valence-corrected chi connectivity index (χ4v) is 2.58. The maximum Gasteiger partial charge on any atom is 0.251 e. The Kier molecular flexibility index (Phi) is 3.39. The van der Waals surface area contributed by atoms with Gasteiger partial charge in [-0.25, -0.2) is 0 Å². The normalized spacial score (nSPS) is 15.9. The first-order chi connectivity index (χ1) is 9.78. The van der Waals surface area contributed by atoms with Crippen LogP contribution in [-0.2, 0) is 6.42 Å². The average Bonchev–Trinajstić information content (AvgIpc) is 2.48. The van der Waals surface area contributed by atoms with E-state index in [0.29, 0.717) is 18.0 Å². The Labute approximate surface area is 118 Å². The highest BCUT2D eigenvalue weighted by Crippen LogP contribution is 2.33. The van der Waals surface area contributed by atoms with E-state index >= 15 is 0 Å². The molecule has 0 radical (unpaired) electrons. The first kappa shape index (κ1) is 12.7. The fraction of sp³-hybridized carbons (Fsp3) is 0.188. The molecule has 1 aliphatic carbocycles. The summed E-state index contributed by atoms with van der Waals surface area (Å²) in [7, 11) is 0. The highest BCUT2D eigenvalue weighted by Gasteiger charge is 2.25. The highest BCUT2D eigenvalue weighted by molar-refractivity contribution is 5.94. The maximum absolute atomic E-state index is 12.0. The van der Waals surface area contributed by atoms with Gasteiger partial charge in [0.2, 0.25) is 0 Å². The Morgan fingerprint density at radius 1 is 1.15 bits per heavy atom. The summed E-state index contributed by atoms with van der Waals surface area (Å²) in [6.45, 7) is 0.687. The first-order valence-corrected chi connectivity index (χ1v) is 6.70. The smallest absolute Gasteiger partial charge is 0.251 e. The summed E-state index contributed by atoms with van der Waals surface area (Å²) in [6, 6.07) is 15.5. The van der Waals surface area contributed by atoms with Crippen molar-refractivity contribution in [3.05, 3.63) is 65.2 Å². The number of hydrazine groups is 1. The third kappa shape index (κ3) is 2.38. The predicted molar refractivity (Wildman–Crippen MR) is 79.5 cm³/mol. The van der Waals surface area contributed by atoms with E-state index in [1.807, 2.05) is 6.07 Å². The molecule has 4 heteroatoms. The number of nitrogens with one attached hydrogen (secondary N) is 2. The van der Waals surface area contributed by atoms with Gasteiger partial charge in [-0.05, 0) is 41.8 Å². The van der Waals surface area contributed by atoms with Crippen molar-refractivity contribution >= 4 is 11.6 Å². The minimum absolute atomic E-state index is 0.0436. The molecule has 4 nitrogen and oxygen atoms in total. The van der Waals surface area contributed by atoms with Crippen LogP contribution in [0, 0.1) is 0 Å². The molecule has 0 saturated carbocycles. The zero-order valence-corrected chi connectivity index (χ0v) is 11.1. The van der Waals surface area contributed by atoms with Crippen molar-refractivity contribution in [3.8, 4) is 0 Å². The van der Waals surface area contributed by atoms with Crippen LogP contribution in [0.15, 0.2) is 48.5 Å². The molecule has 0 aromatic heterocycles. The third-order valence-corrected chi connectivity index (χ3v) is 3.78. The van der Waals surface area contributed by atoms with E-state index in [9.17, 15) is 4.79 Å².